The van der Waals surface area contributed by atoms with E-state index in [1.165, 1.54) is 6.20 Å². The number of likely N-dealkylation sites (tertiary alicyclic amines) is 1. The molecule has 1 fully saturated rings. The first-order valence-corrected chi connectivity index (χ1v) is 10.2. The lowest BCUT2D eigenvalue weighted by atomic mass is 10.1. The fourth-order valence-corrected chi connectivity index (χ4v) is 4.49. The zero-order valence-corrected chi connectivity index (χ0v) is 15.8. The fourth-order valence-electron chi connectivity index (χ4n) is 2.80. The number of piperidine rings is 1. The van der Waals surface area contributed by atoms with Crippen LogP contribution >= 0.6 is 15.9 Å². The monoisotopic (exact) mass is 423 g/mol. The number of sulfonamides is 1. The van der Waals surface area contributed by atoms with Gasteiger partial charge in [-0.1, -0.05) is 18.2 Å². The topological polar surface area (TPSA) is 79.4 Å². The predicted molar refractivity (Wildman–Crippen MR) is 97.6 cm³/mol. The van der Waals surface area contributed by atoms with E-state index in [4.69, 9.17) is 0 Å². The average molecular weight is 424 g/mol. The molecule has 1 amide bonds. The van der Waals surface area contributed by atoms with Gasteiger partial charge < -0.3 is 4.90 Å². The molecule has 3 rings (SSSR count). The van der Waals surface area contributed by atoms with Crippen molar-refractivity contribution in [1.29, 1.82) is 0 Å². The standard InChI is InChI=1S/C17H18BrN3O3S/c18-14-10-13(11-19-12-14)17(22)21-8-6-15(7-9-21)20-25(23,24)16-4-2-1-3-5-16/h1-5,10-12,15,20H,6-9H2. The first-order valence-electron chi connectivity index (χ1n) is 7.93. The van der Waals surface area contributed by atoms with Gasteiger partial charge in [-0.25, -0.2) is 13.1 Å². The van der Waals surface area contributed by atoms with E-state index in [9.17, 15) is 13.2 Å². The number of carbonyl (C=O) groups is 1. The molecule has 8 heteroatoms. The van der Waals surface area contributed by atoms with Gasteiger partial charge >= 0.3 is 0 Å². The number of pyridine rings is 1. The number of nitrogens with one attached hydrogen (secondary N) is 1. The third-order valence-electron chi connectivity index (χ3n) is 4.11. The summed E-state index contributed by atoms with van der Waals surface area (Å²) in [5.41, 5.74) is 0.526. The zero-order valence-electron chi connectivity index (χ0n) is 13.4. The molecule has 0 unspecified atom stereocenters. The second kappa shape index (κ2) is 7.63. The van der Waals surface area contributed by atoms with Crippen LogP contribution in [0.15, 0.2) is 58.2 Å². The summed E-state index contributed by atoms with van der Waals surface area (Å²) in [6, 6.07) is 9.88. The van der Waals surface area contributed by atoms with Gasteiger partial charge in [0.15, 0.2) is 0 Å². The largest absolute Gasteiger partial charge is 0.338 e. The van der Waals surface area contributed by atoms with Crippen LogP contribution in [0.25, 0.3) is 0 Å². The first-order chi connectivity index (χ1) is 12.0. The van der Waals surface area contributed by atoms with Crippen molar-refractivity contribution in [3.05, 3.63) is 58.8 Å². The molecule has 2 heterocycles. The molecule has 0 atom stereocenters. The molecule has 132 valence electrons. The Morgan fingerprint density at radius 3 is 2.48 bits per heavy atom. The molecular weight excluding hydrogens is 406 g/mol. The molecule has 0 aliphatic carbocycles. The highest BCUT2D eigenvalue weighted by Crippen LogP contribution is 2.18. The molecule has 1 N–H and O–H groups in total. The lowest BCUT2D eigenvalue weighted by Crippen LogP contribution is -2.46. The summed E-state index contributed by atoms with van der Waals surface area (Å²) in [5, 5.41) is 0. The molecule has 0 spiro atoms. The summed E-state index contributed by atoms with van der Waals surface area (Å²) in [7, 11) is -3.53. The Labute approximate surface area is 155 Å². The maximum Gasteiger partial charge on any atom is 0.255 e. The van der Waals surface area contributed by atoms with E-state index >= 15 is 0 Å². The Morgan fingerprint density at radius 1 is 1.16 bits per heavy atom. The molecular formula is C17H18BrN3O3S. The maximum atomic E-state index is 12.5. The third-order valence-corrected chi connectivity index (χ3v) is 6.08. The van der Waals surface area contributed by atoms with Gasteiger partial charge in [0.2, 0.25) is 10.0 Å². The van der Waals surface area contributed by atoms with Gasteiger partial charge in [0.25, 0.3) is 5.91 Å². The minimum Gasteiger partial charge on any atom is -0.338 e. The van der Waals surface area contributed by atoms with E-state index in [0.717, 1.165) is 4.47 Å². The van der Waals surface area contributed by atoms with E-state index in [2.05, 4.69) is 25.6 Å². The summed E-state index contributed by atoms with van der Waals surface area (Å²) >= 11 is 3.31. The van der Waals surface area contributed by atoms with Crippen LogP contribution in [0.3, 0.4) is 0 Å². The highest BCUT2D eigenvalue weighted by atomic mass is 79.9. The predicted octanol–water partition coefficient (Wildman–Crippen LogP) is 2.43. The summed E-state index contributed by atoms with van der Waals surface area (Å²) in [6.45, 7) is 1.01. The highest BCUT2D eigenvalue weighted by Gasteiger charge is 2.27. The molecule has 6 nitrogen and oxygen atoms in total. The molecule has 25 heavy (non-hydrogen) atoms. The molecule has 0 saturated carbocycles. The molecule has 1 aromatic heterocycles. The zero-order chi connectivity index (χ0) is 17.9. The lowest BCUT2D eigenvalue weighted by Gasteiger charge is -2.32. The van der Waals surface area contributed by atoms with Crippen molar-refractivity contribution in [1.82, 2.24) is 14.6 Å². The number of aromatic nitrogens is 1. The Hall–Kier alpha value is -1.77. The highest BCUT2D eigenvalue weighted by molar-refractivity contribution is 9.10. The van der Waals surface area contributed by atoms with Gasteiger partial charge in [0.05, 0.1) is 10.5 Å². The molecule has 1 aromatic carbocycles. The smallest absolute Gasteiger partial charge is 0.255 e. The van der Waals surface area contributed by atoms with Gasteiger partial charge in [-0.05, 0) is 47.0 Å². The van der Waals surface area contributed by atoms with Gasteiger partial charge in [-0.2, -0.15) is 0 Å². The van der Waals surface area contributed by atoms with Crippen molar-refractivity contribution in [2.75, 3.05) is 13.1 Å². The first kappa shape index (κ1) is 18.0. The second-order valence-electron chi connectivity index (χ2n) is 5.89. The number of hydrogen-bond acceptors (Lipinski definition) is 4. The number of carbonyl (C=O) groups excluding carboxylic acids is 1. The minimum absolute atomic E-state index is 0.0850. The maximum absolute atomic E-state index is 12.5. The van der Waals surface area contributed by atoms with Crippen molar-refractivity contribution in [2.24, 2.45) is 0 Å². The van der Waals surface area contributed by atoms with Crippen molar-refractivity contribution in [2.45, 2.75) is 23.8 Å². The summed E-state index contributed by atoms with van der Waals surface area (Å²) in [6.07, 6.45) is 4.33. The van der Waals surface area contributed by atoms with Gasteiger partial charge in [-0.15, -0.1) is 0 Å². The quantitative estimate of drug-likeness (QED) is 0.818. The SMILES string of the molecule is O=C(c1cncc(Br)c1)N1CCC(NS(=O)(=O)c2ccccc2)CC1. The van der Waals surface area contributed by atoms with Crippen molar-refractivity contribution >= 4 is 31.9 Å². The number of halogens is 1. The minimum atomic E-state index is -3.53. The van der Waals surface area contributed by atoms with Crippen molar-refractivity contribution in [3.63, 3.8) is 0 Å². The van der Waals surface area contributed by atoms with Gasteiger partial charge in [0.1, 0.15) is 0 Å². The molecule has 1 aliphatic rings. The molecule has 1 saturated heterocycles. The third kappa shape index (κ3) is 4.45. The molecule has 1 aliphatic heterocycles. The van der Waals surface area contributed by atoms with Crippen LogP contribution in [0.2, 0.25) is 0 Å². The van der Waals surface area contributed by atoms with Gasteiger partial charge in [0, 0.05) is 36.0 Å². The van der Waals surface area contributed by atoms with E-state index in [1.807, 2.05) is 0 Å². The van der Waals surface area contributed by atoms with Crippen molar-refractivity contribution < 1.29 is 13.2 Å². The number of amides is 1. The van der Waals surface area contributed by atoms with Gasteiger partial charge in [-0.3, -0.25) is 9.78 Å². The van der Waals surface area contributed by atoms with Crippen LogP contribution in [0, 0.1) is 0 Å². The van der Waals surface area contributed by atoms with E-state index in [1.54, 1.807) is 47.5 Å². The Morgan fingerprint density at radius 2 is 1.84 bits per heavy atom. The molecule has 0 bridgehead atoms. The van der Waals surface area contributed by atoms with E-state index in [-0.39, 0.29) is 16.8 Å². The Kier molecular flexibility index (Phi) is 5.51. The summed E-state index contributed by atoms with van der Waals surface area (Å²) in [5.74, 6) is -0.0850. The van der Waals surface area contributed by atoms with Crippen molar-refractivity contribution in [3.8, 4) is 0 Å². The second-order valence-corrected chi connectivity index (χ2v) is 8.52. The summed E-state index contributed by atoms with van der Waals surface area (Å²) in [4.78, 5) is 18.5. The van der Waals surface area contributed by atoms with Crippen LogP contribution in [0.5, 0.6) is 0 Å². The fraction of sp³-hybridized carbons (Fsp3) is 0.294. The number of nitrogens with zero attached hydrogens (tertiary/aromatic N) is 2. The van der Waals surface area contributed by atoms with Crippen LogP contribution in [-0.4, -0.2) is 43.3 Å². The van der Waals surface area contributed by atoms with Crippen LogP contribution in [-0.2, 0) is 10.0 Å². The Bertz CT molecular complexity index is 850. The molecule has 2 aromatic rings. The number of rotatable bonds is 4. The number of hydrogen-bond donors (Lipinski definition) is 1. The van der Waals surface area contributed by atoms with Crippen LogP contribution in [0.4, 0.5) is 0 Å². The normalized spacial score (nSPS) is 16.0. The van der Waals surface area contributed by atoms with E-state index < -0.39 is 10.0 Å². The van der Waals surface area contributed by atoms with Crippen LogP contribution < -0.4 is 4.72 Å². The van der Waals surface area contributed by atoms with E-state index in [0.29, 0.717) is 31.5 Å². The van der Waals surface area contributed by atoms with Crippen LogP contribution in [0.1, 0.15) is 23.2 Å². The average Bonchev–Trinajstić information content (AvgIpc) is 2.62. The summed E-state index contributed by atoms with van der Waals surface area (Å²) < 4.78 is 28.2. The lowest BCUT2D eigenvalue weighted by molar-refractivity contribution is 0.0711. The molecule has 0 radical (unpaired) electrons. The Balaban J connectivity index is 1.60. The number of benzene rings is 1.